The Morgan fingerprint density at radius 3 is 2.64 bits per heavy atom. The first-order valence-electron chi connectivity index (χ1n) is 12.6. The summed E-state index contributed by atoms with van der Waals surface area (Å²) in [5.74, 6) is 1.87. The van der Waals surface area contributed by atoms with Crippen molar-refractivity contribution in [2.75, 3.05) is 26.7 Å². The summed E-state index contributed by atoms with van der Waals surface area (Å²) in [4.78, 5) is 27.4. The average molecular weight is 484 g/mol. The van der Waals surface area contributed by atoms with Crippen LogP contribution in [0.25, 0.3) is 10.9 Å². The molecule has 36 heavy (non-hydrogen) atoms. The average Bonchev–Trinajstić information content (AvgIpc) is 3.31. The fraction of sp³-hybridized carbons (Fsp3) is 0.345. The number of nitrogens with zero attached hydrogens (tertiary/aromatic N) is 3. The summed E-state index contributed by atoms with van der Waals surface area (Å²) in [6, 6.07) is 20.2. The van der Waals surface area contributed by atoms with Crippen LogP contribution in [0.1, 0.15) is 42.1 Å². The summed E-state index contributed by atoms with van der Waals surface area (Å²) in [7, 11) is 2.16. The molecule has 0 saturated carbocycles. The van der Waals surface area contributed by atoms with Gasteiger partial charge < -0.3 is 19.9 Å². The zero-order valence-electron chi connectivity index (χ0n) is 20.9. The molecule has 4 aromatic rings. The number of likely N-dealkylation sites (tertiary alicyclic amines) is 1. The first kappa shape index (κ1) is 24.2. The van der Waals surface area contributed by atoms with Crippen LogP contribution in [-0.4, -0.2) is 46.5 Å². The van der Waals surface area contributed by atoms with Gasteiger partial charge in [0.05, 0.1) is 11.1 Å². The normalized spacial score (nSPS) is 16.9. The monoisotopic (exact) mass is 483 g/mol. The van der Waals surface area contributed by atoms with Crippen molar-refractivity contribution in [1.82, 2.24) is 25.2 Å². The van der Waals surface area contributed by atoms with Crippen molar-refractivity contribution in [3.8, 4) is 5.75 Å². The molecule has 0 spiro atoms. The maximum Gasteiger partial charge on any atom is 0.258 e. The maximum atomic E-state index is 12.8. The van der Waals surface area contributed by atoms with Gasteiger partial charge in [0.25, 0.3) is 5.56 Å². The molecule has 0 amide bonds. The van der Waals surface area contributed by atoms with Crippen LogP contribution in [0, 0.1) is 5.92 Å². The molecule has 2 aromatic heterocycles. The Morgan fingerprint density at radius 1 is 1.11 bits per heavy atom. The van der Waals surface area contributed by atoms with Crippen molar-refractivity contribution in [2.45, 2.75) is 32.4 Å². The second kappa shape index (κ2) is 11.0. The van der Waals surface area contributed by atoms with Gasteiger partial charge >= 0.3 is 0 Å². The van der Waals surface area contributed by atoms with Gasteiger partial charge in [-0.1, -0.05) is 42.5 Å². The van der Waals surface area contributed by atoms with E-state index in [4.69, 9.17) is 9.72 Å². The number of aromatic nitrogens is 3. The number of hydrogen-bond donors (Lipinski definition) is 2. The maximum absolute atomic E-state index is 12.8. The summed E-state index contributed by atoms with van der Waals surface area (Å²) in [6.45, 7) is 5.66. The van der Waals surface area contributed by atoms with Gasteiger partial charge in [0.2, 0.25) is 0 Å². The van der Waals surface area contributed by atoms with Crippen LogP contribution in [0.2, 0.25) is 0 Å². The van der Waals surface area contributed by atoms with Crippen molar-refractivity contribution in [2.24, 2.45) is 5.92 Å². The minimum Gasteiger partial charge on any atom is -0.483 e. The van der Waals surface area contributed by atoms with E-state index >= 15 is 0 Å². The van der Waals surface area contributed by atoms with Gasteiger partial charge in [0, 0.05) is 19.3 Å². The Kier molecular flexibility index (Phi) is 7.39. The molecule has 2 N–H and O–H groups in total. The molecule has 1 fully saturated rings. The molecule has 5 rings (SSSR count). The van der Waals surface area contributed by atoms with E-state index < -0.39 is 6.10 Å². The lowest BCUT2D eigenvalue weighted by molar-refractivity contribution is 0.216. The van der Waals surface area contributed by atoms with Gasteiger partial charge in [0.1, 0.15) is 11.3 Å². The van der Waals surface area contributed by atoms with Gasteiger partial charge in [-0.05, 0) is 75.1 Å². The predicted octanol–water partition coefficient (Wildman–Crippen LogP) is 4.09. The SMILES string of the molecule is CC(Oc1ccc(Cc2ccccc2)cc1)c1nc2c(CNCC3CCN(C)C3)nccc2c(=O)[nH]1. The number of H-pyrrole nitrogens is 1. The van der Waals surface area contributed by atoms with E-state index in [-0.39, 0.29) is 5.56 Å². The second-order valence-corrected chi connectivity index (χ2v) is 9.72. The van der Waals surface area contributed by atoms with Gasteiger partial charge in [-0.2, -0.15) is 0 Å². The summed E-state index contributed by atoms with van der Waals surface area (Å²) >= 11 is 0. The van der Waals surface area contributed by atoms with Crippen molar-refractivity contribution < 1.29 is 4.74 Å². The minimum absolute atomic E-state index is 0.176. The molecule has 0 bridgehead atoms. The fourth-order valence-electron chi connectivity index (χ4n) is 4.82. The van der Waals surface area contributed by atoms with E-state index in [0.29, 0.717) is 29.2 Å². The van der Waals surface area contributed by atoms with Crippen molar-refractivity contribution in [3.63, 3.8) is 0 Å². The predicted molar refractivity (Wildman–Crippen MR) is 142 cm³/mol. The van der Waals surface area contributed by atoms with Gasteiger partial charge in [0.15, 0.2) is 11.9 Å². The fourth-order valence-corrected chi connectivity index (χ4v) is 4.82. The highest BCUT2D eigenvalue weighted by molar-refractivity contribution is 5.79. The first-order chi connectivity index (χ1) is 17.5. The van der Waals surface area contributed by atoms with Crippen LogP contribution in [0.5, 0.6) is 5.75 Å². The molecule has 3 heterocycles. The molecular weight excluding hydrogens is 450 g/mol. The van der Waals surface area contributed by atoms with Crippen LogP contribution in [0.4, 0.5) is 0 Å². The molecular formula is C29H33N5O2. The lowest BCUT2D eigenvalue weighted by Gasteiger charge is -2.16. The van der Waals surface area contributed by atoms with Gasteiger partial charge in [-0.3, -0.25) is 9.78 Å². The van der Waals surface area contributed by atoms with Crippen molar-refractivity contribution in [1.29, 1.82) is 0 Å². The molecule has 0 aliphatic carbocycles. The third-order valence-corrected chi connectivity index (χ3v) is 6.81. The minimum atomic E-state index is -0.419. The quantitative estimate of drug-likeness (QED) is 0.373. The summed E-state index contributed by atoms with van der Waals surface area (Å²) in [5.41, 5.74) is 3.72. The van der Waals surface area contributed by atoms with E-state index in [0.717, 1.165) is 37.5 Å². The van der Waals surface area contributed by atoms with Crippen LogP contribution in [0.3, 0.4) is 0 Å². The third kappa shape index (κ3) is 5.80. The Morgan fingerprint density at radius 2 is 1.89 bits per heavy atom. The van der Waals surface area contributed by atoms with Crippen molar-refractivity contribution in [3.05, 3.63) is 99.9 Å². The highest BCUT2D eigenvalue weighted by atomic mass is 16.5. The molecule has 1 aliphatic rings. The van der Waals surface area contributed by atoms with Crippen LogP contribution < -0.4 is 15.6 Å². The molecule has 2 atom stereocenters. The number of ether oxygens (including phenoxy) is 1. The Bertz CT molecular complexity index is 1350. The summed E-state index contributed by atoms with van der Waals surface area (Å²) in [5, 5.41) is 4.06. The molecule has 2 aromatic carbocycles. The molecule has 186 valence electrons. The van der Waals surface area contributed by atoms with Crippen LogP contribution >= 0.6 is 0 Å². The number of rotatable bonds is 9. The molecule has 7 heteroatoms. The van der Waals surface area contributed by atoms with E-state index in [1.54, 1.807) is 12.3 Å². The molecule has 1 aliphatic heterocycles. The van der Waals surface area contributed by atoms with Crippen LogP contribution in [0.15, 0.2) is 71.7 Å². The van der Waals surface area contributed by atoms with Crippen LogP contribution in [-0.2, 0) is 13.0 Å². The number of fused-ring (bicyclic) bond motifs is 1. The lowest BCUT2D eigenvalue weighted by atomic mass is 10.1. The topological polar surface area (TPSA) is 83.1 Å². The molecule has 1 saturated heterocycles. The van der Waals surface area contributed by atoms with E-state index in [2.05, 4.69) is 63.6 Å². The smallest absolute Gasteiger partial charge is 0.258 e. The highest BCUT2D eigenvalue weighted by Crippen LogP contribution is 2.22. The number of hydrogen-bond acceptors (Lipinski definition) is 6. The van der Waals surface area contributed by atoms with E-state index in [9.17, 15) is 4.79 Å². The standard InChI is InChI=1S/C29H33N5O2/c1-20(36-24-10-8-22(9-11-24)16-21-6-4-3-5-7-21)28-32-27-25(29(35)33-28)12-14-31-26(27)18-30-17-23-13-15-34(2)19-23/h3-12,14,20,23,30H,13,15-19H2,1-2H3,(H,32,33,35). The van der Waals surface area contributed by atoms with Gasteiger partial charge in [-0.25, -0.2) is 4.98 Å². The Hall–Kier alpha value is -3.55. The zero-order chi connectivity index (χ0) is 24.9. The number of nitrogens with one attached hydrogen (secondary N) is 2. The van der Waals surface area contributed by atoms with E-state index in [1.165, 1.54) is 17.5 Å². The number of benzene rings is 2. The molecule has 0 radical (unpaired) electrons. The number of pyridine rings is 1. The lowest BCUT2D eigenvalue weighted by Crippen LogP contribution is -2.25. The third-order valence-electron chi connectivity index (χ3n) is 6.81. The van der Waals surface area contributed by atoms with Crippen molar-refractivity contribution >= 4 is 10.9 Å². The molecule has 2 unspecified atom stereocenters. The Balaban J connectivity index is 1.27. The highest BCUT2D eigenvalue weighted by Gasteiger charge is 2.19. The summed E-state index contributed by atoms with van der Waals surface area (Å²) < 4.78 is 6.13. The molecule has 7 nitrogen and oxygen atoms in total. The number of aromatic amines is 1. The zero-order valence-corrected chi connectivity index (χ0v) is 20.9. The van der Waals surface area contributed by atoms with E-state index in [1.807, 2.05) is 25.1 Å². The second-order valence-electron chi connectivity index (χ2n) is 9.72. The first-order valence-corrected chi connectivity index (χ1v) is 12.6. The van der Waals surface area contributed by atoms with Gasteiger partial charge in [-0.15, -0.1) is 0 Å². The Labute approximate surface area is 211 Å². The largest absolute Gasteiger partial charge is 0.483 e. The summed E-state index contributed by atoms with van der Waals surface area (Å²) in [6.07, 6.45) is 3.33.